The molecular weight excluding hydrogens is 482 g/mol. The predicted octanol–water partition coefficient (Wildman–Crippen LogP) is 5.01. The van der Waals surface area contributed by atoms with E-state index >= 15 is 0 Å². The van der Waals surface area contributed by atoms with Crippen LogP contribution in [0.1, 0.15) is 44.6 Å². The van der Waals surface area contributed by atoms with Gasteiger partial charge in [-0.05, 0) is 42.7 Å². The summed E-state index contributed by atoms with van der Waals surface area (Å²) in [7, 11) is 1.59. The Balaban J connectivity index is 1.38. The summed E-state index contributed by atoms with van der Waals surface area (Å²) in [6.45, 7) is 2.16. The van der Waals surface area contributed by atoms with Crippen LogP contribution in [0.25, 0.3) is 28.2 Å². The number of carbonyl (C=O) groups excluding carboxylic acids is 2. The summed E-state index contributed by atoms with van der Waals surface area (Å²) in [4.78, 5) is 40.3. The number of ether oxygens (including phenoxy) is 2. The summed E-state index contributed by atoms with van der Waals surface area (Å²) in [5.41, 5.74) is 8.58. The molecule has 1 aliphatic rings. The predicted molar refractivity (Wildman–Crippen MR) is 149 cm³/mol. The Morgan fingerprint density at radius 1 is 1.16 bits per heavy atom. The average Bonchev–Trinajstić information content (AvgIpc) is 3.45. The normalized spacial score (nSPS) is 15.4. The Morgan fingerprint density at radius 3 is 2.58 bits per heavy atom. The van der Waals surface area contributed by atoms with Gasteiger partial charge in [-0.3, -0.25) is 9.59 Å². The first-order chi connectivity index (χ1) is 18.4. The molecule has 2 aromatic carbocycles. The third-order valence-electron chi connectivity index (χ3n) is 7.05. The molecule has 1 aliphatic carbocycles. The van der Waals surface area contributed by atoms with Gasteiger partial charge in [0.15, 0.2) is 5.43 Å². The first-order valence-electron chi connectivity index (χ1n) is 13.1. The van der Waals surface area contributed by atoms with Crippen molar-refractivity contribution in [3.05, 3.63) is 70.4 Å². The van der Waals surface area contributed by atoms with Crippen LogP contribution in [0.2, 0.25) is 0 Å². The zero-order valence-corrected chi connectivity index (χ0v) is 21.9. The lowest BCUT2D eigenvalue weighted by Crippen LogP contribution is -2.48. The highest BCUT2D eigenvalue weighted by Gasteiger charge is 2.30. The van der Waals surface area contributed by atoms with E-state index in [1.54, 1.807) is 13.2 Å². The van der Waals surface area contributed by atoms with Crippen LogP contribution in [0.15, 0.2) is 59.4 Å². The number of allylic oxidation sites excluding steroid dienone is 1. The van der Waals surface area contributed by atoms with E-state index in [1.807, 2.05) is 61.5 Å². The van der Waals surface area contributed by atoms with E-state index in [9.17, 15) is 14.4 Å². The summed E-state index contributed by atoms with van der Waals surface area (Å²) >= 11 is 0. The van der Waals surface area contributed by atoms with Gasteiger partial charge in [-0.2, -0.15) is 0 Å². The quantitative estimate of drug-likeness (QED) is 0.349. The van der Waals surface area contributed by atoms with E-state index in [4.69, 9.17) is 15.2 Å². The van der Waals surface area contributed by atoms with Crippen LogP contribution >= 0.6 is 0 Å². The second-order valence-corrected chi connectivity index (χ2v) is 9.96. The molecule has 200 valence electrons. The monoisotopic (exact) mass is 517 g/mol. The number of methoxy groups -OCH3 is 1. The lowest BCUT2D eigenvalue weighted by molar-refractivity contribution is -0.121. The van der Waals surface area contributed by atoms with Crippen LogP contribution in [0.4, 0.5) is 4.79 Å². The van der Waals surface area contributed by atoms with Gasteiger partial charge in [0.25, 0.3) is 0 Å². The van der Waals surface area contributed by atoms with E-state index < -0.39 is 18.0 Å². The largest absolute Gasteiger partial charge is 0.496 e. The smallest absolute Gasteiger partial charge is 0.407 e. The first-order valence-corrected chi connectivity index (χ1v) is 13.1. The Hall–Kier alpha value is -4.07. The molecule has 4 rings (SSSR count). The van der Waals surface area contributed by atoms with Crippen molar-refractivity contribution in [3.8, 4) is 17.0 Å². The molecule has 0 bridgehead atoms. The molecule has 3 aromatic rings. The van der Waals surface area contributed by atoms with Crippen molar-refractivity contribution in [1.82, 2.24) is 10.3 Å². The fourth-order valence-electron chi connectivity index (χ4n) is 4.97. The van der Waals surface area contributed by atoms with Crippen LogP contribution in [0, 0.1) is 11.8 Å². The highest BCUT2D eigenvalue weighted by molar-refractivity contribution is 5.86. The number of alkyl carbamates (subject to hydrolysis) is 1. The van der Waals surface area contributed by atoms with E-state index in [0.29, 0.717) is 23.1 Å². The maximum Gasteiger partial charge on any atom is 0.407 e. The number of H-pyrrole nitrogens is 1. The van der Waals surface area contributed by atoms with E-state index in [1.165, 1.54) is 0 Å². The van der Waals surface area contributed by atoms with Crippen LogP contribution in [0.3, 0.4) is 0 Å². The molecule has 1 unspecified atom stereocenters. The van der Waals surface area contributed by atoms with Gasteiger partial charge < -0.3 is 25.5 Å². The van der Waals surface area contributed by atoms with Crippen LogP contribution in [-0.2, 0) is 9.53 Å². The number of nitrogens with two attached hydrogens (primary N) is 1. The van der Waals surface area contributed by atoms with Crippen molar-refractivity contribution in [1.29, 1.82) is 0 Å². The molecular formula is C30H35N3O5. The van der Waals surface area contributed by atoms with Gasteiger partial charge in [-0.25, -0.2) is 4.79 Å². The van der Waals surface area contributed by atoms with Gasteiger partial charge in [0.05, 0.1) is 19.2 Å². The number of pyridine rings is 1. The minimum atomic E-state index is -0.688. The number of hydrogen-bond donors (Lipinski definition) is 3. The van der Waals surface area contributed by atoms with Crippen molar-refractivity contribution in [3.63, 3.8) is 0 Å². The molecule has 1 aromatic heterocycles. The number of nitrogens with one attached hydrogen (secondary N) is 2. The molecule has 0 radical (unpaired) electrons. The molecule has 0 saturated heterocycles. The van der Waals surface area contributed by atoms with Gasteiger partial charge in [0.1, 0.15) is 11.8 Å². The molecule has 1 fully saturated rings. The van der Waals surface area contributed by atoms with Crippen molar-refractivity contribution >= 4 is 29.0 Å². The van der Waals surface area contributed by atoms with Crippen LogP contribution < -0.4 is 21.2 Å². The van der Waals surface area contributed by atoms with Gasteiger partial charge in [-0.15, -0.1) is 0 Å². The Morgan fingerprint density at radius 2 is 1.89 bits per heavy atom. The summed E-state index contributed by atoms with van der Waals surface area (Å²) in [5.74, 6) is 0.236. The molecule has 2 atom stereocenters. The SMILES string of the molecule is COc1cc2[nH]c(-c3ccccc3)cc(=O)c2cc1/C=C/CC(C)COC(=O)N[C@H](C(N)=O)C1CCCC1. The van der Waals surface area contributed by atoms with Crippen LogP contribution in [-0.4, -0.2) is 36.7 Å². The van der Waals surface area contributed by atoms with Crippen molar-refractivity contribution in [2.45, 2.75) is 45.1 Å². The molecule has 1 saturated carbocycles. The van der Waals surface area contributed by atoms with Crippen LogP contribution in [0.5, 0.6) is 5.75 Å². The Labute approximate surface area is 222 Å². The second kappa shape index (κ2) is 12.4. The minimum Gasteiger partial charge on any atom is -0.496 e. The number of aromatic nitrogens is 1. The number of fused-ring (bicyclic) bond motifs is 1. The zero-order chi connectivity index (χ0) is 27.1. The number of rotatable bonds is 10. The number of amides is 2. The third kappa shape index (κ3) is 6.62. The zero-order valence-electron chi connectivity index (χ0n) is 21.9. The number of carbonyl (C=O) groups is 2. The Kier molecular flexibility index (Phi) is 8.84. The molecule has 0 aliphatic heterocycles. The maximum absolute atomic E-state index is 12.9. The summed E-state index contributed by atoms with van der Waals surface area (Å²) in [5, 5.41) is 3.22. The highest BCUT2D eigenvalue weighted by atomic mass is 16.5. The Bertz CT molecular complexity index is 1360. The van der Waals surface area contributed by atoms with E-state index in [-0.39, 0.29) is 23.9 Å². The average molecular weight is 518 g/mol. The van der Waals surface area contributed by atoms with Crippen molar-refractivity contribution in [2.24, 2.45) is 17.6 Å². The van der Waals surface area contributed by atoms with Crippen molar-refractivity contribution < 1.29 is 19.1 Å². The van der Waals surface area contributed by atoms with E-state index in [2.05, 4.69) is 10.3 Å². The fourth-order valence-corrected chi connectivity index (χ4v) is 4.97. The van der Waals surface area contributed by atoms with Gasteiger partial charge in [0, 0.05) is 28.8 Å². The molecule has 2 amide bonds. The van der Waals surface area contributed by atoms with Crippen molar-refractivity contribution in [2.75, 3.05) is 13.7 Å². The molecule has 4 N–H and O–H groups in total. The molecule has 8 heteroatoms. The minimum absolute atomic E-state index is 0.0405. The van der Waals surface area contributed by atoms with Gasteiger partial charge in [-0.1, -0.05) is 62.2 Å². The number of primary amides is 1. The molecule has 8 nitrogen and oxygen atoms in total. The fraction of sp³-hybridized carbons (Fsp3) is 0.367. The van der Waals surface area contributed by atoms with E-state index in [0.717, 1.165) is 42.5 Å². The molecule has 0 spiro atoms. The lowest BCUT2D eigenvalue weighted by Gasteiger charge is -2.21. The second-order valence-electron chi connectivity index (χ2n) is 9.96. The number of benzene rings is 2. The van der Waals surface area contributed by atoms with Gasteiger partial charge >= 0.3 is 6.09 Å². The van der Waals surface area contributed by atoms with Gasteiger partial charge in [0.2, 0.25) is 5.91 Å². The number of hydrogen-bond acceptors (Lipinski definition) is 5. The highest BCUT2D eigenvalue weighted by Crippen LogP contribution is 2.28. The topological polar surface area (TPSA) is 124 Å². The summed E-state index contributed by atoms with van der Waals surface area (Å²) in [6, 6.07) is 14.3. The lowest BCUT2D eigenvalue weighted by atomic mass is 9.98. The standard InChI is InChI=1S/C30H35N3O5/c1-19(18-38-30(36)33-28(29(31)35)21-12-6-7-13-21)9-8-14-22-15-23-25(17-27(22)37-2)32-24(16-26(23)34)20-10-4-3-5-11-20/h3-5,8,10-11,14-17,19,21,28H,6-7,9,12-13,18H2,1-2H3,(H2,31,35)(H,32,34)(H,33,36)/b14-8+/t19?,28-/m0/s1. The third-order valence-corrected chi connectivity index (χ3v) is 7.05. The first kappa shape index (κ1) is 27.0. The summed E-state index contributed by atoms with van der Waals surface area (Å²) < 4.78 is 10.9. The number of aromatic amines is 1. The maximum atomic E-state index is 12.9. The molecule has 38 heavy (non-hydrogen) atoms. The summed E-state index contributed by atoms with van der Waals surface area (Å²) in [6.07, 6.45) is 7.73. The molecule has 1 heterocycles.